The summed E-state index contributed by atoms with van der Waals surface area (Å²) in [6, 6.07) is 6.87. The summed E-state index contributed by atoms with van der Waals surface area (Å²) in [5, 5.41) is 10.7. The minimum absolute atomic E-state index is 0.115. The molecule has 0 bridgehead atoms. The number of pyridine rings is 1. The van der Waals surface area contributed by atoms with Gasteiger partial charge in [-0.1, -0.05) is 23.7 Å². The molecule has 2 aromatic rings. The van der Waals surface area contributed by atoms with Gasteiger partial charge in [-0.25, -0.2) is 0 Å². The van der Waals surface area contributed by atoms with E-state index in [9.17, 15) is 4.79 Å². The van der Waals surface area contributed by atoms with Gasteiger partial charge in [-0.05, 0) is 24.4 Å². The van der Waals surface area contributed by atoms with E-state index in [2.05, 4.69) is 0 Å². The Morgan fingerprint density at radius 3 is 2.83 bits per heavy atom. The van der Waals surface area contributed by atoms with Gasteiger partial charge in [-0.3, -0.25) is 4.79 Å². The van der Waals surface area contributed by atoms with E-state index in [0.717, 1.165) is 5.39 Å². The number of aromatic nitrogens is 1. The fourth-order valence-electron chi connectivity index (χ4n) is 2.08. The van der Waals surface area contributed by atoms with Crippen LogP contribution in [-0.2, 0) is 6.54 Å². The molecule has 5 heteroatoms. The van der Waals surface area contributed by atoms with Gasteiger partial charge in [0.15, 0.2) is 0 Å². The minimum atomic E-state index is -0.285. The van der Waals surface area contributed by atoms with Crippen LogP contribution in [0.4, 0.5) is 0 Å². The Balaban J connectivity index is 2.86. The van der Waals surface area contributed by atoms with Crippen molar-refractivity contribution < 1.29 is 5.11 Å². The summed E-state index contributed by atoms with van der Waals surface area (Å²) in [7, 11) is 0. The van der Waals surface area contributed by atoms with Gasteiger partial charge in [0, 0.05) is 18.3 Å². The first-order chi connectivity index (χ1) is 8.56. The van der Waals surface area contributed by atoms with Gasteiger partial charge < -0.3 is 15.4 Å². The molecule has 1 aromatic heterocycles. The molecule has 0 saturated carbocycles. The zero-order valence-corrected chi connectivity index (χ0v) is 10.8. The Morgan fingerprint density at radius 1 is 1.50 bits per heavy atom. The molecule has 1 aromatic carbocycles. The molecular weight excluding hydrogens is 252 g/mol. The first kappa shape index (κ1) is 13.1. The van der Waals surface area contributed by atoms with E-state index in [1.165, 1.54) is 4.57 Å². The van der Waals surface area contributed by atoms with Crippen LogP contribution in [0.25, 0.3) is 10.8 Å². The van der Waals surface area contributed by atoms with Crippen molar-refractivity contribution in [1.29, 1.82) is 0 Å². The van der Waals surface area contributed by atoms with Gasteiger partial charge in [0.25, 0.3) is 5.56 Å². The van der Waals surface area contributed by atoms with E-state index in [-0.39, 0.29) is 24.8 Å². The Morgan fingerprint density at radius 2 is 2.22 bits per heavy atom. The van der Waals surface area contributed by atoms with Crippen LogP contribution in [0.1, 0.15) is 18.7 Å². The van der Waals surface area contributed by atoms with E-state index in [4.69, 9.17) is 22.4 Å². The SMILES string of the molecule is CC(N)c1cc2cccc(Cl)c2c(=O)n1CCO. The number of nitrogens with two attached hydrogens (primary N) is 1. The highest BCUT2D eigenvalue weighted by atomic mass is 35.5. The van der Waals surface area contributed by atoms with Crippen molar-refractivity contribution in [2.45, 2.75) is 19.5 Å². The molecule has 1 heterocycles. The van der Waals surface area contributed by atoms with Crippen LogP contribution >= 0.6 is 11.6 Å². The standard InChI is InChI=1S/C13H15ClN2O2/c1-8(15)11-7-9-3-2-4-10(14)12(9)13(18)16(11)5-6-17/h2-4,7-8,17H,5-6,15H2,1H3. The van der Waals surface area contributed by atoms with E-state index < -0.39 is 0 Å². The zero-order chi connectivity index (χ0) is 13.3. The molecule has 0 amide bonds. The van der Waals surface area contributed by atoms with Crippen LogP contribution in [0, 0.1) is 0 Å². The summed E-state index contributed by atoms with van der Waals surface area (Å²) >= 11 is 6.06. The number of aliphatic hydroxyl groups is 1. The van der Waals surface area contributed by atoms with Crippen LogP contribution in [0.5, 0.6) is 0 Å². The molecule has 96 valence electrons. The predicted molar refractivity (Wildman–Crippen MR) is 72.9 cm³/mol. The average molecular weight is 267 g/mol. The third kappa shape index (κ3) is 2.14. The highest BCUT2D eigenvalue weighted by molar-refractivity contribution is 6.35. The van der Waals surface area contributed by atoms with Crippen molar-refractivity contribution >= 4 is 22.4 Å². The van der Waals surface area contributed by atoms with Crippen molar-refractivity contribution in [3.05, 3.63) is 45.3 Å². The summed E-state index contributed by atoms with van der Waals surface area (Å²) in [5.74, 6) is 0. The number of halogens is 1. The Labute approximate surface area is 110 Å². The van der Waals surface area contributed by atoms with Crippen LogP contribution in [0.2, 0.25) is 5.02 Å². The fraction of sp³-hybridized carbons (Fsp3) is 0.308. The summed E-state index contributed by atoms with van der Waals surface area (Å²) in [4.78, 5) is 12.4. The maximum absolute atomic E-state index is 12.4. The lowest BCUT2D eigenvalue weighted by atomic mass is 10.1. The highest BCUT2D eigenvalue weighted by Gasteiger charge is 2.13. The molecular formula is C13H15ClN2O2. The lowest BCUT2D eigenvalue weighted by Gasteiger charge is -2.16. The van der Waals surface area contributed by atoms with E-state index in [0.29, 0.717) is 16.1 Å². The molecule has 3 N–H and O–H groups in total. The molecule has 0 fully saturated rings. The van der Waals surface area contributed by atoms with Crippen LogP contribution in [0.3, 0.4) is 0 Å². The molecule has 18 heavy (non-hydrogen) atoms. The maximum atomic E-state index is 12.4. The van der Waals surface area contributed by atoms with Crippen molar-refractivity contribution in [3.8, 4) is 0 Å². The second-order valence-corrected chi connectivity index (χ2v) is 4.65. The van der Waals surface area contributed by atoms with Gasteiger partial charge in [0.05, 0.1) is 17.0 Å². The zero-order valence-electron chi connectivity index (χ0n) is 10.1. The van der Waals surface area contributed by atoms with Crippen LogP contribution in [-0.4, -0.2) is 16.3 Å². The molecule has 0 spiro atoms. The lowest BCUT2D eigenvalue weighted by molar-refractivity contribution is 0.272. The van der Waals surface area contributed by atoms with Gasteiger partial charge in [-0.15, -0.1) is 0 Å². The molecule has 0 aliphatic rings. The Hall–Kier alpha value is -1.36. The van der Waals surface area contributed by atoms with E-state index >= 15 is 0 Å². The largest absolute Gasteiger partial charge is 0.395 e. The number of nitrogens with zero attached hydrogens (tertiary/aromatic N) is 1. The second kappa shape index (κ2) is 5.10. The van der Waals surface area contributed by atoms with E-state index in [1.807, 2.05) is 12.1 Å². The van der Waals surface area contributed by atoms with E-state index in [1.54, 1.807) is 19.1 Å². The van der Waals surface area contributed by atoms with Crippen molar-refractivity contribution in [1.82, 2.24) is 4.57 Å². The molecule has 2 rings (SSSR count). The smallest absolute Gasteiger partial charge is 0.260 e. The predicted octanol–water partition coefficient (Wildman–Crippen LogP) is 1.67. The Bertz CT molecular complexity index is 635. The number of fused-ring (bicyclic) bond motifs is 1. The normalized spacial score (nSPS) is 12.9. The monoisotopic (exact) mass is 266 g/mol. The third-order valence-electron chi connectivity index (χ3n) is 2.91. The van der Waals surface area contributed by atoms with Crippen molar-refractivity contribution in [2.24, 2.45) is 5.73 Å². The molecule has 1 unspecified atom stereocenters. The molecule has 0 saturated heterocycles. The fourth-order valence-corrected chi connectivity index (χ4v) is 2.35. The highest BCUT2D eigenvalue weighted by Crippen LogP contribution is 2.22. The van der Waals surface area contributed by atoms with Crippen molar-refractivity contribution in [3.63, 3.8) is 0 Å². The number of rotatable bonds is 3. The maximum Gasteiger partial charge on any atom is 0.260 e. The molecule has 0 aliphatic carbocycles. The van der Waals surface area contributed by atoms with Gasteiger partial charge in [-0.2, -0.15) is 0 Å². The van der Waals surface area contributed by atoms with Crippen LogP contribution < -0.4 is 11.3 Å². The van der Waals surface area contributed by atoms with Gasteiger partial charge in [0.2, 0.25) is 0 Å². The summed E-state index contributed by atoms with van der Waals surface area (Å²) in [6.45, 7) is 1.91. The third-order valence-corrected chi connectivity index (χ3v) is 3.23. The quantitative estimate of drug-likeness (QED) is 0.888. The summed E-state index contributed by atoms with van der Waals surface area (Å²) < 4.78 is 1.48. The molecule has 4 nitrogen and oxygen atoms in total. The first-order valence-corrected chi connectivity index (χ1v) is 6.12. The van der Waals surface area contributed by atoms with Crippen molar-refractivity contribution in [2.75, 3.05) is 6.61 Å². The lowest BCUT2D eigenvalue weighted by Crippen LogP contribution is -2.28. The van der Waals surface area contributed by atoms with Gasteiger partial charge in [0.1, 0.15) is 0 Å². The molecule has 0 radical (unpaired) electrons. The number of aliphatic hydroxyl groups excluding tert-OH is 1. The number of hydrogen-bond acceptors (Lipinski definition) is 3. The molecule has 1 atom stereocenters. The van der Waals surface area contributed by atoms with Crippen LogP contribution in [0.15, 0.2) is 29.1 Å². The number of hydrogen-bond donors (Lipinski definition) is 2. The molecule has 0 aliphatic heterocycles. The second-order valence-electron chi connectivity index (χ2n) is 4.24. The first-order valence-electron chi connectivity index (χ1n) is 5.74. The van der Waals surface area contributed by atoms with Gasteiger partial charge >= 0.3 is 0 Å². The average Bonchev–Trinajstić information content (AvgIpc) is 2.32. The minimum Gasteiger partial charge on any atom is -0.395 e. The Kier molecular flexibility index (Phi) is 3.71. The topological polar surface area (TPSA) is 68.2 Å². The summed E-state index contributed by atoms with van der Waals surface area (Å²) in [5.41, 5.74) is 6.36. The number of benzene rings is 1. The summed E-state index contributed by atoms with van der Waals surface area (Å²) in [6.07, 6.45) is 0.